The molecular weight excluding hydrogens is 510 g/mol. The van der Waals surface area contributed by atoms with Gasteiger partial charge in [-0.3, -0.25) is 24.2 Å². The molecule has 0 saturated carbocycles. The zero-order valence-electron chi connectivity index (χ0n) is 21.2. The summed E-state index contributed by atoms with van der Waals surface area (Å²) in [5, 5.41) is 5.96. The van der Waals surface area contributed by atoms with E-state index in [1.165, 1.54) is 18.0 Å². The van der Waals surface area contributed by atoms with Crippen molar-refractivity contribution >= 4 is 41.3 Å². The molecule has 2 N–H and O–H groups in total. The van der Waals surface area contributed by atoms with Gasteiger partial charge in [0.15, 0.2) is 0 Å². The van der Waals surface area contributed by atoms with Gasteiger partial charge in [0, 0.05) is 30.5 Å². The van der Waals surface area contributed by atoms with Crippen molar-refractivity contribution in [2.45, 2.75) is 32.7 Å². The summed E-state index contributed by atoms with van der Waals surface area (Å²) in [4.78, 5) is 59.1. The van der Waals surface area contributed by atoms with E-state index in [0.29, 0.717) is 35.8 Å². The highest BCUT2D eigenvalue weighted by molar-refractivity contribution is 6.27. The standard InChI is InChI=1S/C27H28ClN5O5/c1-16(2)22-5-4-20(8-17(22)3)31-26(36)23-9-18(6-7-29-23)19-10-24(27(37)33(12-19)38-15-34)30-21-13-32(14-21)25(35)11-28/h4-10,12,15-16,21,30H,11,13-14H2,1-3H3,(H,31,36). The molecule has 0 spiro atoms. The quantitative estimate of drug-likeness (QED) is 0.318. The van der Waals surface area contributed by atoms with E-state index >= 15 is 0 Å². The Labute approximate surface area is 224 Å². The Kier molecular flexibility index (Phi) is 8.11. The molecular formula is C27H28ClN5O5. The number of carbonyl (C=O) groups is 3. The first kappa shape index (κ1) is 26.9. The second-order valence-corrected chi connectivity index (χ2v) is 9.63. The first-order valence-corrected chi connectivity index (χ1v) is 12.6. The van der Waals surface area contributed by atoms with Gasteiger partial charge in [0.25, 0.3) is 5.91 Å². The minimum Gasteiger partial charge on any atom is -0.374 e. The molecule has 2 aromatic heterocycles. The fourth-order valence-electron chi connectivity index (χ4n) is 4.35. The van der Waals surface area contributed by atoms with Crippen LogP contribution in [0, 0.1) is 6.92 Å². The van der Waals surface area contributed by atoms with Gasteiger partial charge in [-0.05, 0) is 59.9 Å². The predicted octanol–water partition coefficient (Wildman–Crippen LogP) is 3.04. The third-order valence-corrected chi connectivity index (χ3v) is 6.56. The maximum absolute atomic E-state index is 13.0. The van der Waals surface area contributed by atoms with Gasteiger partial charge in [-0.15, -0.1) is 16.3 Å². The number of likely N-dealkylation sites (tertiary alicyclic amines) is 1. The molecule has 2 amide bonds. The highest BCUT2D eigenvalue weighted by atomic mass is 35.5. The molecule has 0 unspecified atom stereocenters. The van der Waals surface area contributed by atoms with Crippen LogP contribution in [0.15, 0.2) is 53.6 Å². The smallest absolute Gasteiger partial charge is 0.321 e. The molecule has 1 aliphatic heterocycles. The fraction of sp³-hybridized carbons (Fsp3) is 0.296. The van der Waals surface area contributed by atoms with Gasteiger partial charge >= 0.3 is 12.0 Å². The zero-order valence-corrected chi connectivity index (χ0v) is 22.0. The minimum atomic E-state index is -0.574. The van der Waals surface area contributed by atoms with Gasteiger partial charge in [-0.25, -0.2) is 0 Å². The van der Waals surface area contributed by atoms with Crippen LogP contribution in [-0.4, -0.2) is 57.9 Å². The lowest BCUT2D eigenvalue weighted by molar-refractivity contribution is -0.132. The minimum absolute atomic E-state index is 0.108. The highest BCUT2D eigenvalue weighted by Crippen LogP contribution is 2.25. The third-order valence-electron chi connectivity index (χ3n) is 6.33. The van der Waals surface area contributed by atoms with Crippen molar-refractivity contribution in [2.75, 3.05) is 29.6 Å². The molecule has 1 fully saturated rings. The number of rotatable bonds is 9. The summed E-state index contributed by atoms with van der Waals surface area (Å²) in [6.07, 6.45) is 2.85. The number of pyridine rings is 2. The topological polar surface area (TPSA) is 123 Å². The molecule has 1 aromatic carbocycles. The Balaban J connectivity index is 1.57. The summed E-state index contributed by atoms with van der Waals surface area (Å²) in [6.45, 7) is 7.16. The third kappa shape index (κ3) is 5.86. The summed E-state index contributed by atoms with van der Waals surface area (Å²) in [5.41, 5.74) is 3.81. The van der Waals surface area contributed by atoms with Crippen LogP contribution in [0.25, 0.3) is 11.1 Å². The van der Waals surface area contributed by atoms with Crippen molar-refractivity contribution in [3.05, 3.63) is 76.0 Å². The predicted molar refractivity (Wildman–Crippen MR) is 145 cm³/mol. The first-order valence-electron chi connectivity index (χ1n) is 12.1. The maximum atomic E-state index is 13.0. The van der Waals surface area contributed by atoms with Gasteiger partial charge in [-0.1, -0.05) is 19.9 Å². The van der Waals surface area contributed by atoms with Crippen LogP contribution >= 0.6 is 11.6 Å². The number of nitrogens with one attached hydrogen (secondary N) is 2. The average molecular weight is 538 g/mol. The summed E-state index contributed by atoms with van der Waals surface area (Å²) >= 11 is 5.59. The molecule has 3 heterocycles. The van der Waals surface area contributed by atoms with E-state index in [1.54, 1.807) is 23.1 Å². The zero-order chi connectivity index (χ0) is 27.4. The number of anilines is 2. The second-order valence-electron chi connectivity index (χ2n) is 9.36. The van der Waals surface area contributed by atoms with E-state index < -0.39 is 11.5 Å². The lowest BCUT2D eigenvalue weighted by Crippen LogP contribution is -2.57. The SMILES string of the molecule is Cc1cc(NC(=O)c2cc(-c3cc(NC4CN(C(=O)CCl)C4)c(=O)n(OC=O)c3)ccn2)ccc1C(C)C. The number of hydrogen-bond donors (Lipinski definition) is 2. The number of aryl methyl sites for hydroxylation is 1. The molecule has 10 nitrogen and oxygen atoms in total. The van der Waals surface area contributed by atoms with Crippen LogP contribution in [0.5, 0.6) is 0 Å². The molecule has 1 saturated heterocycles. The summed E-state index contributed by atoms with van der Waals surface area (Å²) in [6, 6.07) is 10.5. The number of amides is 2. The average Bonchev–Trinajstić information content (AvgIpc) is 2.87. The van der Waals surface area contributed by atoms with Crippen LogP contribution < -0.4 is 21.0 Å². The Morgan fingerprint density at radius 2 is 1.95 bits per heavy atom. The number of alkyl halides is 1. The molecule has 0 atom stereocenters. The van der Waals surface area contributed by atoms with E-state index in [1.807, 2.05) is 25.1 Å². The normalized spacial score (nSPS) is 13.1. The maximum Gasteiger partial charge on any atom is 0.321 e. The summed E-state index contributed by atoms with van der Waals surface area (Å²) in [7, 11) is 0. The molecule has 198 valence electrons. The van der Waals surface area contributed by atoms with Gasteiger partial charge in [0.2, 0.25) is 5.91 Å². The Morgan fingerprint density at radius 3 is 2.61 bits per heavy atom. The lowest BCUT2D eigenvalue weighted by Gasteiger charge is -2.39. The van der Waals surface area contributed by atoms with Crippen molar-refractivity contribution in [2.24, 2.45) is 0 Å². The van der Waals surface area contributed by atoms with Crippen molar-refractivity contribution in [3.8, 4) is 11.1 Å². The molecule has 38 heavy (non-hydrogen) atoms. The second kappa shape index (κ2) is 11.5. The number of carbonyl (C=O) groups excluding carboxylic acids is 3. The summed E-state index contributed by atoms with van der Waals surface area (Å²) in [5.74, 6) is -0.310. The van der Waals surface area contributed by atoms with Crippen LogP contribution in [0.2, 0.25) is 0 Å². The molecule has 11 heteroatoms. The largest absolute Gasteiger partial charge is 0.374 e. The van der Waals surface area contributed by atoms with Crippen LogP contribution in [-0.2, 0) is 9.59 Å². The molecule has 3 aromatic rings. The fourth-order valence-corrected chi connectivity index (χ4v) is 4.52. The van der Waals surface area contributed by atoms with E-state index in [9.17, 15) is 19.2 Å². The number of benzene rings is 1. The van der Waals surface area contributed by atoms with E-state index in [4.69, 9.17) is 16.4 Å². The van der Waals surface area contributed by atoms with Gasteiger partial charge < -0.3 is 20.4 Å². The van der Waals surface area contributed by atoms with Crippen LogP contribution in [0.3, 0.4) is 0 Å². The van der Waals surface area contributed by atoms with Crippen molar-refractivity contribution in [1.82, 2.24) is 14.6 Å². The van der Waals surface area contributed by atoms with Crippen molar-refractivity contribution in [1.29, 1.82) is 0 Å². The van der Waals surface area contributed by atoms with E-state index in [0.717, 1.165) is 10.3 Å². The molecule has 0 aliphatic carbocycles. The molecule has 1 aliphatic rings. The first-order chi connectivity index (χ1) is 18.2. The Morgan fingerprint density at radius 1 is 1.18 bits per heavy atom. The van der Waals surface area contributed by atoms with E-state index in [2.05, 4.69) is 29.5 Å². The molecule has 4 rings (SSSR count). The Hall–Kier alpha value is -4.18. The number of aromatic nitrogens is 2. The van der Waals surface area contributed by atoms with Crippen molar-refractivity contribution in [3.63, 3.8) is 0 Å². The number of halogens is 1. The molecule has 0 radical (unpaired) electrons. The van der Waals surface area contributed by atoms with Gasteiger partial charge in [0.05, 0.1) is 12.2 Å². The van der Waals surface area contributed by atoms with Gasteiger partial charge in [0.1, 0.15) is 17.3 Å². The monoisotopic (exact) mass is 537 g/mol. The van der Waals surface area contributed by atoms with Gasteiger partial charge in [-0.2, -0.15) is 0 Å². The number of nitrogens with zero attached hydrogens (tertiary/aromatic N) is 3. The van der Waals surface area contributed by atoms with Crippen molar-refractivity contribution < 1.29 is 19.2 Å². The molecule has 0 bridgehead atoms. The van der Waals surface area contributed by atoms with Crippen LogP contribution in [0.4, 0.5) is 11.4 Å². The Bertz CT molecular complexity index is 1430. The lowest BCUT2D eigenvalue weighted by atomic mass is 9.97. The van der Waals surface area contributed by atoms with Crippen LogP contribution in [0.1, 0.15) is 41.4 Å². The van der Waals surface area contributed by atoms with E-state index in [-0.39, 0.29) is 35.7 Å². The highest BCUT2D eigenvalue weighted by Gasteiger charge is 2.30. The number of hydrogen-bond acceptors (Lipinski definition) is 7. The summed E-state index contributed by atoms with van der Waals surface area (Å²) < 4.78 is 0.810.